The number of ether oxygens (including phenoxy) is 2. The number of hydrogen-bond acceptors (Lipinski definition) is 4. The Morgan fingerprint density at radius 1 is 0.964 bits per heavy atom. The lowest BCUT2D eigenvalue weighted by Crippen LogP contribution is -2.30. The molecule has 1 amide bonds. The second-order valence-electron chi connectivity index (χ2n) is 6.26. The molecule has 0 saturated carbocycles. The van der Waals surface area contributed by atoms with E-state index in [1.807, 2.05) is 54.6 Å². The van der Waals surface area contributed by atoms with Crippen molar-refractivity contribution < 1.29 is 24.2 Å². The Bertz CT molecular complexity index is 971. The summed E-state index contributed by atoms with van der Waals surface area (Å²) in [6.07, 6.45) is -0.938. The largest absolute Gasteiger partial charge is 0.496 e. The van der Waals surface area contributed by atoms with Gasteiger partial charge in [-0.2, -0.15) is 0 Å². The number of amides is 1. The number of alkyl carbamates (subject to hydrolysis) is 1. The average molecular weight is 379 g/mol. The highest BCUT2D eigenvalue weighted by Gasteiger charge is 2.22. The van der Waals surface area contributed by atoms with Crippen LogP contribution in [0.5, 0.6) is 5.75 Å². The van der Waals surface area contributed by atoms with Crippen molar-refractivity contribution in [2.45, 2.75) is 19.1 Å². The van der Waals surface area contributed by atoms with Crippen molar-refractivity contribution in [1.82, 2.24) is 5.32 Å². The van der Waals surface area contributed by atoms with E-state index < -0.39 is 18.1 Å². The number of hydrogen-bond donors (Lipinski definition) is 2. The Balaban J connectivity index is 1.83. The third-order valence-corrected chi connectivity index (χ3v) is 4.40. The van der Waals surface area contributed by atoms with Gasteiger partial charge >= 0.3 is 12.1 Å². The lowest BCUT2D eigenvalue weighted by atomic mass is 9.96. The monoisotopic (exact) mass is 379 g/mol. The standard InChI is InChI=1S/C22H21NO5/c1-27-20-12-11-17(16-9-5-6-10-18(16)20)19(13-21(24)25)23-22(26)28-14-15-7-3-2-4-8-15/h2-12,19H,13-14H2,1H3,(H,23,26)(H,24,25). The summed E-state index contributed by atoms with van der Waals surface area (Å²) in [5.74, 6) is -0.340. The molecule has 0 aliphatic carbocycles. The number of rotatable bonds is 7. The van der Waals surface area contributed by atoms with E-state index in [0.717, 1.165) is 16.3 Å². The molecule has 3 aromatic carbocycles. The number of carbonyl (C=O) groups is 2. The van der Waals surface area contributed by atoms with E-state index >= 15 is 0 Å². The number of carboxylic acid groups (broad SMARTS) is 1. The third kappa shape index (κ3) is 4.59. The van der Waals surface area contributed by atoms with E-state index in [-0.39, 0.29) is 13.0 Å². The van der Waals surface area contributed by atoms with Gasteiger partial charge in [-0.3, -0.25) is 4.79 Å². The zero-order valence-corrected chi connectivity index (χ0v) is 15.4. The fourth-order valence-corrected chi connectivity index (χ4v) is 3.10. The van der Waals surface area contributed by atoms with Crippen LogP contribution < -0.4 is 10.1 Å². The Morgan fingerprint density at radius 3 is 2.32 bits per heavy atom. The van der Waals surface area contributed by atoms with Crippen molar-refractivity contribution in [2.75, 3.05) is 7.11 Å². The molecule has 0 saturated heterocycles. The molecular weight excluding hydrogens is 358 g/mol. The summed E-state index contributed by atoms with van der Waals surface area (Å²) in [5, 5.41) is 13.7. The van der Waals surface area contributed by atoms with E-state index in [9.17, 15) is 14.7 Å². The van der Waals surface area contributed by atoms with Crippen molar-refractivity contribution in [3.63, 3.8) is 0 Å². The summed E-state index contributed by atoms with van der Waals surface area (Å²) in [7, 11) is 1.58. The van der Waals surface area contributed by atoms with Crippen LogP contribution in [0.25, 0.3) is 10.8 Å². The molecule has 0 aromatic heterocycles. The fourth-order valence-electron chi connectivity index (χ4n) is 3.10. The first kappa shape index (κ1) is 19.2. The number of nitrogens with one attached hydrogen (secondary N) is 1. The molecule has 1 atom stereocenters. The van der Waals surface area contributed by atoms with Gasteiger partial charge in [-0.1, -0.05) is 60.7 Å². The van der Waals surface area contributed by atoms with Crippen molar-refractivity contribution in [1.29, 1.82) is 0 Å². The summed E-state index contributed by atoms with van der Waals surface area (Å²) in [6, 6.07) is 19.6. The molecule has 0 heterocycles. The predicted octanol–water partition coefficient (Wildman–Crippen LogP) is 4.29. The van der Waals surface area contributed by atoms with Gasteiger partial charge in [-0.25, -0.2) is 4.79 Å². The summed E-state index contributed by atoms with van der Waals surface area (Å²) < 4.78 is 10.6. The predicted molar refractivity (Wildman–Crippen MR) is 105 cm³/mol. The van der Waals surface area contributed by atoms with Crippen molar-refractivity contribution >= 4 is 22.8 Å². The van der Waals surface area contributed by atoms with E-state index in [4.69, 9.17) is 9.47 Å². The fraction of sp³-hybridized carbons (Fsp3) is 0.182. The number of fused-ring (bicyclic) bond motifs is 1. The second-order valence-corrected chi connectivity index (χ2v) is 6.26. The van der Waals surface area contributed by atoms with Crippen LogP contribution in [-0.4, -0.2) is 24.3 Å². The number of aliphatic carboxylic acids is 1. The normalized spacial score (nSPS) is 11.6. The Labute approximate surface area is 162 Å². The first-order valence-corrected chi connectivity index (χ1v) is 8.83. The van der Waals surface area contributed by atoms with Gasteiger partial charge in [0.15, 0.2) is 0 Å². The molecule has 6 nitrogen and oxygen atoms in total. The van der Waals surface area contributed by atoms with E-state index in [1.54, 1.807) is 19.2 Å². The molecule has 0 aliphatic heterocycles. The minimum absolute atomic E-state index is 0.107. The smallest absolute Gasteiger partial charge is 0.407 e. The molecule has 6 heteroatoms. The van der Waals surface area contributed by atoms with Crippen molar-refractivity contribution in [2.24, 2.45) is 0 Å². The molecule has 144 valence electrons. The van der Waals surface area contributed by atoms with Crippen molar-refractivity contribution in [3.8, 4) is 5.75 Å². The van der Waals surface area contributed by atoms with Gasteiger partial charge in [0.05, 0.1) is 19.6 Å². The van der Waals surface area contributed by atoms with E-state index in [1.165, 1.54) is 0 Å². The highest BCUT2D eigenvalue weighted by molar-refractivity contribution is 5.92. The maximum absolute atomic E-state index is 12.3. The summed E-state index contributed by atoms with van der Waals surface area (Å²) >= 11 is 0. The Morgan fingerprint density at radius 2 is 1.64 bits per heavy atom. The first-order valence-electron chi connectivity index (χ1n) is 8.83. The van der Waals surface area contributed by atoms with Gasteiger partial charge in [0, 0.05) is 5.39 Å². The van der Waals surface area contributed by atoms with Gasteiger partial charge in [-0.05, 0) is 22.6 Å². The quantitative estimate of drug-likeness (QED) is 0.640. The minimum atomic E-state index is -1.02. The van der Waals surface area contributed by atoms with Crippen LogP contribution >= 0.6 is 0 Å². The van der Waals surface area contributed by atoms with E-state index in [2.05, 4.69) is 5.32 Å². The molecule has 3 aromatic rings. The Hall–Kier alpha value is -3.54. The van der Waals surface area contributed by atoms with Crippen LogP contribution in [0.4, 0.5) is 4.79 Å². The summed E-state index contributed by atoms with van der Waals surface area (Å²) in [4.78, 5) is 23.7. The highest BCUT2D eigenvalue weighted by atomic mass is 16.5. The van der Waals surface area contributed by atoms with Crippen LogP contribution in [0.15, 0.2) is 66.7 Å². The van der Waals surface area contributed by atoms with E-state index in [0.29, 0.717) is 11.3 Å². The highest BCUT2D eigenvalue weighted by Crippen LogP contribution is 2.32. The van der Waals surface area contributed by atoms with Crippen LogP contribution in [0, 0.1) is 0 Å². The van der Waals surface area contributed by atoms with Gasteiger partial charge < -0.3 is 19.9 Å². The lowest BCUT2D eigenvalue weighted by molar-refractivity contribution is -0.137. The first-order chi connectivity index (χ1) is 13.6. The van der Waals surface area contributed by atoms with Crippen LogP contribution in [0.1, 0.15) is 23.6 Å². The molecule has 0 aliphatic rings. The molecule has 0 radical (unpaired) electrons. The molecule has 3 rings (SSSR count). The Kier molecular flexibility index (Phi) is 6.11. The van der Waals surface area contributed by atoms with Gasteiger partial charge in [0.25, 0.3) is 0 Å². The zero-order valence-electron chi connectivity index (χ0n) is 15.4. The third-order valence-electron chi connectivity index (χ3n) is 4.40. The molecule has 0 bridgehead atoms. The maximum atomic E-state index is 12.3. The van der Waals surface area contributed by atoms with Gasteiger partial charge in [0.2, 0.25) is 0 Å². The molecular formula is C22H21NO5. The molecule has 0 fully saturated rings. The van der Waals surface area contributed by atoms with Crippen LogP contribution in [-0.2, 0) is 16.1 Å². The SMILES string of the molecule is COc1ccc(C(CC(=O)O)NC(=O)OCc2ccccc2)c2ccccc12. The number of carboxylic acids is 1. The lowest BCUT2D eigenvalue weighted by Gasteiger charge is -2.20. The molecule has 2 N–H and O–H groups in total. The summed E-state index contributed by atoms with van der Waals surface area (Å²) in [6.45, 7) is 0.107. The molecule has 28 heavy (non-hydrogen) atoms. The van der Waals surface area contributed by atoms with Crippen LogP contribution in [0.3, 0.4) is 0 Å². The summed E-state index contributed by atoms with van der Waals surface area (Å²) in [5.41, 5.74) is 1.54. The molecule has 1 unspecified atom stereocenters. The van der Waals surface area contributed by atoms with Gasteiger partial charge in [-0.15, -0.1) is 0 Å². The average Bonchev–Trinajstić information content (AvgIpc) is 2.71. The van der Waals surface area contributed by atoms with Crippen LogP contribution in [0.2, 0.25) is 0 Å². The maximum Gasteiger partial charge on any atom is 0.407 e. The zero-order chi connectivity index (χ0) is 19.9. The van der Waals surface area contributed by atoms with Gasteiger partial charge in [0.1, 0.15) is 12.4 Å². The number of benzene rings is 3. The second kappa shape index (κ2) is 8.90. The number of methoxy groups -OCH3 is 1. The van der Waals surface area contributed by atoms with Crippen molar-refractivity contribution in [3.05, 3.63) is 77.9 Å². The topological polar surface area (TPSA) is 84.9 Å². The number of carbonyl (C=O) groups excluding carboxylic acids is 1. The minimum Gasteiger partial charge on any atom is -0.496 e. The molecule has 0 spiro atoms.